The van der Waals surface area contributed by atoms with E-state index in [0.29, 0.717) is 35.9 Å². The van der Waals surface area contributed by atoms with Crippen molar-refractivity contribution >= 4 is 50.7 Å². The van der Waals surface area contributed by atoms with Crippen LogP contribution in [-0.4, -0.2) is 52.7 Å². The molecular formula is C21H27BrN4O4. The highest BCUT2D eigenvalue weighted by molar-refractivity contribution is 9.10. The fraction of sp³-hybridized carbons (Fsp3) is 0.571. The Bertz CT molecular complexity index is 969. The van der Waals surface area contributed by atoms with Crippen molar-refractivity contribution in [2.24, 2.45) is 0 Å². The van der Waals surface area contributed by atoms with Gasteiger partial charge in [0.25, 0.3) is 6.01 Å². The van der Waals surface area contributed by atoms with Crippen LogP contribution in [-0.2, 0) is 9.53 Å². The highest BCUT2D eigenvalue weighted by Gasteiger charge is 2.43. The van der Waals surface area contributed by atoms with E-state index < -0.39 is 5.60 Å². The molecule has 2 amide bonds. The molecule has 2 unspecified atom stereocenters. The van der Waals surface area contributed by atoms with Gasteiger partial charge in [-0.15, -0.1) is 0 Å². The molecule has 4 rings (SSSR count). The lowest BCUT2D eigenvalue weighted by molar-refractivity contribution is -0.114. The number of amides is 2. The second-order valence-electron chi connectivity index (χ2n) is 8.98. The molecule has 2 aliphatic rings. The number of fused-ring (bicyclic) bond motifs is 3. The molecule has 3 heterocycles. The fourth-order valence-corrected chi connectivity index (χ4v) is 4.67. The molecule has 0 spiro atoms. The number of aromatic nitrogens is 1. The Morgan fingerprint density at radius 1 is 1.23 bits per heavy atom. The maximum atomic E-state index is 12.8. The number of piperidine rings is 1. The highest BCUT2D eigenvalue weighted by Crippen LogP contribution is 2.37. The molecular weight excluding hydrogens is 452 g/mol. The van der Waals surface area contributed by atoms with Crippen molar-refractivity contribution in [1.29, 1.82) is 0 Å². The number of ether oxygens (including phenoxy) is 1. The van der Waals surface area contributed by atoms with Gasteiger partial charge in [-0.3, -0.25) is 9.69 Å². The monoisotopic (exact) mass is 478 g/mol. The summed E-state index contributed by atoms with van der Waals surface area (Å²) in [6.07, 6.45) is 2.69. The average Bonchev–Trinajstić information content (AvgIpc) is 3.08. The molecule has 1 aromatic carbocycles. The summed E-state index contributed by atoms with van der Waals surface area (Å²) in [7, 11) is 0. The number of benzene rings is 1. The van der Waals surface area contributed by atoms with Crippen LogP contribution in [0.3, 0.4) is 0 Å². The SMILES string of the molecule is CC(=O)Nc1ccc(Br)c2oc(N3CC4CCCC(C3)N4C(=O)OC(C)(C)C)nc12. The van der Waals surface area contributed by atoms with E-state index in [1.807, 2.05) is 31.7 Å². The van der Waals surface area contributed by atoms with Crippen LogP contribution in [0.4, 0.5) is 16.5 Å². The summed E-state index contributed by atoms with van der Waals surface area (Å²) in [5.41, 5.74) is 1.29. The number of rotatable bonds is 2. The maximum Gasteiger partial charge on any atom is 0.410 e. The summed E-state index contributed by atoms with van der Waals surface area (Å²) >= 11 is 3.51. The predicted octanol–water partition coefficient (Wildman–Crippen LogP) is 4.53. The van der Waals surface area contributed by atoms with Crippen molar-refractivity contribution in [3.05, 3.63) is 16.6 Å². The number of nitrogens with zero attached hydrogens (tertiary/aromatic N) is 3. The molecule has 0 aliphatic carbocycles. The van der Waals surface area contributed by atoms with Gasteiger partial charge in [0, 0.05) is 20.0 Å². The molecule has 162 valence electrons. The van der Waals surface area contributed by atoms with Gasteiger partial charge in [0.1, 0.15) is 11.1 Å². The third-order valence-electron chi connectivity index (χ3n) is 5.39. The van der Waals surface area contributed by atoms with Crippen LogP contribution < -0.4 is 10.2 Å². The summed E-state index contributed by atoms with van der Waals surface area (Å²) in [5, 5.41) is 2.80. The third-order valence-corrected chi connectivity index (χ3v) is 6.02. The minimum atomic E-state index is -0.519. The predicted molar refractivity (Wildman–Crippen MR) is 118 cm³/mol. The third kappa shape index (κ3) is 4.12. The molecule has 0 saturated carbocycles. The van der Waals surface area contributed by atoms with Crippen LogP contribution in [0.5, 0.6) is 0 Å². The maximum absolute atomic E-state index is 12.8. The number of nitrogens with one attached hydrogen (secondary N) is 1. The van der Waals surface area contributed by atoms with Crippen molar-refractivity contribution in [3.8, 4) is 0 Å². The van der Waals surface area contributed by atoms with Crippen LogP contribution in [0.25, 0.3) is 11.1 Å². The lowest BCUT2D eigenvalue weighted by Crippen LogP contribution is -2.63. The van der Waals surface area contributed by atoms with Gasteiger partial charge in [0.05, 0.1) is 22.2 Å². The number of carbonyl (C=O) groups excluding carboxylic acids is 2. The quantitative estimate of drug-likeness (QED) is 0.681. The lowest BCUT2D eigenvalue weighted by atomic mass is 9.92. The minimum absolute atomic E-state index is 0.0561. The van der Waals surface area contributed by atoms with Gasteiger partial charge in [-0.2, -0.15) is 4.98 Å². The summed E-state index contributed by atoms with van der Waals surface area (Å²) in [6.45, 7) is 8.40. The zero-order chi connectivity index (χ0) is 21.6. The Labute approximate surface area is 184 Å². The largest absolute Gasteiger partial charge is 0.444 e. The van der Waals surface area contributed by atoms with E-state index in [-0.39, 0.29) is 24.1 Å². The van der Waals surface area contributed by atoms with E-state index in [1.165, 1.54) is 6.92 Å². The second-order valence-corrected chi connectivity index (χ2v) is 9.84. The Balaban J connectivity index is 1.61. The van der Waals surface area contributed by atoms with E-state index in [1.54, 1.807) is 6.07 Å². The highest BCUT2D eigenvalue weighted by atomic mass is 79.9. The number of anilines is 2. The molecule has 8 nitrogen and oxygen atoms in total. The van der Waals surface area contributed by atoms with Gasteiger partial charge in [-0.05, 0) is 68.1 Å². The molecule has 2 bridgehead atoms. The second kappa shape index (κ2) is 7.76. The van der Waals surface area contributed by atoms with Crippen molar-refractivity contribution in [2.75, 3.05) is 23.3 Å². The van der Waals surface area contributed by atoms with E-state index >= 15 is 0 Å². The van der Waals surface area contributed by atoms with Crippen LogP contribution in [0.15, 0.2) is 21.0 Å². The zero-order valence-electron chi connectivity index (χ0n) is 17.7. The lowest BCUT2D eigenvalue weighted by Gasteiger charge is -2.49. The first kappa shape index (κ1) is 21.0. The minimum Gasteiger partial charge on any atom is -0.444 e. The zero-order valence-corrected chi connectivity index (χ0v) is 19.3. The number of piperazine rings is 1. The molecule has 30 heavy (non-hydrogen) atoms. The first-order chi connectivity index (χ1) is 14.1. The van der Waals surface area contributed by atoms with E-state index in [4.69, 9.17) is 9.15 Å². The first-order valence-corrected chi connectivity index (χ1v) is 11.0. The number of hydrogen-bond acceptors (Lipinski definition) is 6. The molecule has 2 aromatic rings. The Morgan fingerprint density at radius 3 is 2.50 bits per heavy atom. The molecule has 2 atom stereocenters. The molecule has 1 aromatic heterocycles. The van der Waals surface area contributed by atoms with Crippen LogP contribution >= 0.6 is 15.9 Å². The molecule has 2 aliphatic heterocycles. The molecule has 9 heteroatoms. The van der Waals surface area contributed by atoms with Crippen molar-refractivity contribution < 1.29 is 18.7 Å². The van der Waals surface area contributed by atoms with Gasteiger partial charge < -0.3 is 19.4 Å². The average molecular weight is 479 g/mol. The standard InChI is InChI=1S/C21H27BrN4O4/c1-12(27)23-16-9-8-15(22)18-17(16)24-19(29-18)25-10-13-6-5-7-14(11-25)26(13)20(28)30-21(2,3)4/h8-9,13-14H,5-7,10-11H2,1-4H3,(H,23,27). The van der Waals surface area contributed by atoms with E-state index in [0.717, 1.165) is 23.7 Å². The van der Waals surface area contributed by atoms with Gasteiger partial charge in [-0.25, -0.2) is 4.79 Å². The Kier molecular flexibility index (Phi) is 5.42. The Morgan fingerprint density at radius 2 is 1.90 bits per heavy atom. The van der Waals surface area contributed by atoms with Crippen LogP contribution in [0.2, 0.25) is 0 Å². The van der Waals surface area contributed by atoms with Gasteiger partial charge >= 0.3 is 6.09 Å². The summed E-state index contributed by atoms with van der Waals surface area (Å²) in [4.78, 5) is 33.0. The molecule has 2 saturated heterocycles. The molecule has 1 N–H and O–H groups in total. The van der Waals surface area contributed by atoms with Gasteiger partial charge in [-0.1, -0.05) is 0 Å². The van der Waals surface area contributed by atoms with Crippen molar-refractivity contribution in [2.45, 2.75) is 64.6 Å². The topological polar surface area (TPSA) is 87.9 Å². The van der Waals surface area contributed by atoms with E-state index in [9.17, 15) is 9.59 Å². The molecule has 2 fully saturated rings. The number of hydrogen-bond donors (Lipinski definition) is 1. The normalized spacial score (nSPS) is 21.6. The van der Waals surface area contributed by atoms with Crippen LogP contribution in [0, 0.1) is 0 Å². The number of halogens is 1. The van der Waals surface area contributed by atoms with Crippen LogP contribution in [0.1, 0.15) is 47.0 Å². The summed E-state index contributed by atoms with van der Waals surface area (Å²) in [6, 6.07) is 4.25. The van der Waals surface area contributed by atoms with Crippen molar-refractivity contribution in [3.63, 3.8) is 0 Å². The van der Waals surface area contributed by atoms with Gasteiger partial charge in [0.15, 0.2) is 5.58 Å². The number of carbonyl (C=O) groups is 2. The van der Waals surface area contributed by atoms with E-state index in [2.05, 4.69) is 31.1 Å². The Hall–Kier alpha value is -2.29. The van der Waals surface area contributed by atoms with Gasteiger partial charge in [0.2, 0.25) is 5.91 Å². The van der Waals surface area contributed by atoms with Crippen molar-refractivity contribution in [1.82, 2.24) is 9.88 Å². The summed E-state index contributed by atoms with van der Waals surface area (Å²) in [5.74, 6) is -0.163. The smallest absolute Gasteiger partial charge is 0.410 e. The first-order valence-electron chi connectivity index (χ1n) is 10.3. The number of oxazole rings is 1. The molecule has 0 radical (unpaired) electrons. The summed E-state index contributed by atoms with van der Waals surface area (Å²) < 4.78 is 12.5. The fourth-order valence-electron chi connectivity index (χ4n) is 4.27.